The van der Waals surface area contributed by atoms with Crippen LogP contribution in [0.1, 0.15) is 323 Å². The second-order valence-electron chi connectivity index (χ2n) is 19.1. The quantitative estimate of drug-likeness (QED) is 0.0426. The number of unbranched alkanes of at least 4 members (excludes halogenated alkanes) is 42. The summed E-state index contributed by atoms with van der Waals surface area (Å²) in [6, 6.07) is 0. The Morgan fingerprint density at radius 3 is 0.436 bits per heavy atom. The second kappa shape index (κ2) is 48.3. The SMILES string of the molecule is CCCCCCCCCCCCCCCCC[N+](CCC)(CCCCCCCCCCCCCCCCC)CCCCCCCCCCCCCCCCC. The lowest BCUT2D eigenvalue weighted by atomic mass is 10.0. The fourth-order valence-corrected chi connectivity index (χ4v) is 9.60. The number of hydrogen-bond donors (Lipinski definition) is 0. The highest BCUT2D eigenvalue weighted by molar-refractivity contribution is 4.56. The minimum Gasteiger partial charge on any atom is -0.324 e. The van der Waals surface area contributed by atoms with E-state index in [4.69, 9.17) is 0 Å². The zero-order chi connectivity index (χ0) is 39.9. The number of nitrogens with zero attached hydrogens (tertiary/aromatic N) is 1. The summed E-state index contributed by atoms with van der Waals surface area (Å²) >= 11 is 0. The maximum atomic E-state index is 2.47. The number of hydrogen-bond acceptors (Lipinski definition) is 0. The third-order valence-corrected chi connectivity index (χ3v) is 13.4. The van der Waals surface area contributed by atoms with E-state index < -0.39 is 0 Å². The average molecular weight is 775 g/mol. The van der Waals surface area contributed by atoms with Crippen LogP contribution >= 0.6 is 0 Å². The lowest BCUT2D eigenvalue weighted by molar-refractivity contribution is -0.929. The van der Waals surface area contributed by atoms with Crippen molar-refractivity contribution in [3.63, 3.8) is 0 Å². The molecule has 0 atom stereocenters. The zero-order valence-corrected chi connectivity index (χ0v) is 39.8. The van der Waals surface area contributed by atoms with Crippen molar-refractivity contribution in [1.82, 2.24) is 0 Å². The van der Waals surface area contributed by atoms with Crippen LogP contribution in [0.5, 0.6) is 0 Å². The van der Waals surface area contributed by atoms with E-state index in [0.717, 1.165) is 0 Å². The summed E-state index contributed by atoms with van der Waals surface area (Å²) in [5.41, 5.74) is 0. The Labute approximate surface area is 352 Å². The van der Waals surface area contributed by atoms with Crippen LogP contribution in [0, 0.1) is 0 Å². The molecule has 0 spiro atoms. The molecule has 0 heterocycles. The Balaban J connectivity index is 4.31. The molecule has 0 aliphatic carbocycles. The van der Waals surface area contributed by atoms with Gasteiger partial charge in [-0.2, -0.15) is 0 Å². The van der Waals surface area contributed by atoms with Crippen LogP contribution < -0.4 is 0 Å². The van der Waals surface area contributed by atoms with Gasteiger partial charge in [-0.05, 0) is 44.9 Å². The lowest BCUT2D eigenvalue weighted by Crippen LogP contribution is -2.50. The van der Waals surface area contributed by atoms with E-state index in [1.165, 1.54) is 326 Å². The Hall–Kier alpha value is -0.0400. The van der Waals surface area contributed by atoms with Crippen LogP contribution in [0.3, 0.4) is 0 Å². The monoisotopic (exact) mass is 775 g/mol. The van der Waals surface area contributed by atoms with Crippen LogP contribution in [0.25, 0.3) is 0 Å². The molecule has 0 aromatic heterocycles. The summed E-state index contributed by atoms with van der Waals surface area (Å²) in [4.78, 5) is 0. The van der Waals surface area contributed by atoms with Crippen LogP contribution in [-0.4, -0.2) is 30.7 Å². The fraction of sp³-hybridized carbons (Fsp3) is 1.00. The van der Waals surface area contributed by atoms with Crippen LogP contribution in [0.15, 0.2) is 0 Å². The molecular formula is C54H112N+. The predicted molar refractivity (Wildman–Crippen MR) is 255 cm³/mol. The summed E-state index contributed by atoms with van der Waals surface area (Å²) in [5, 5.41) is 0. The normalized spacial score (nSPS) is 12.0. The molecule has 0 rings (SSSR count). The maximum Gasteiger partial charge on any atom is 0.0786 e. The van der Waals surface area contributed by atoms with Crippen molar-refractivity contribution < 1.29 is 4.48 Å². The predicted octanol–water partition coefficient (Wildman–Crippen LogP) is 19.8. The molecule has 1 heteroatoms. The van der Waals surface area contributed by atoms with Gasteiger partial charge < -0.3 is 4.48 Å². The molecule has 0 fully saturated rings. The topological polar surface area (TPSA) is 0 Å². The highest BCUT2D eigenvalue weighted by Gasteiger charge is 2.25. The summed E-state index contributed by atoms with van der Waals surface area (Å²) in [5.74, 6) is 0. The van der Waals surface area contributed by atoms with Crippen LogP contribution in [-0.2, 0) is 0 Å². The van der Waals surface area contributed by atoms with Gasteiger partial charge in [0, 0.05) is 0 Å². The largest absolute Gasteiger partial charge is 0.324 e. The van der Waals surface area contributed by atoms with E-state index in [9.17, 15) is 0 Å². The van der Waals surface area contributed by atoms with Gasteiger partial charge in [0.05, 0.1) is 26.2 Å². The van der Waals surface area contributed by atoms with Gasteiger partial charge in [0.15, 0.2) is 0 Å². The fourth-order valence-electron chi connectivity index (χ4n) is 9.60. The molecule has 332 valence electrons. The number of quaternary nitrogens is 1. The molecule has 1 nitrogen and oxygen atoms in total. The van der Waals surface area contributed by atoms with Crippen LogP contribution in [0.2, 0.25) is 0 Å². The van der Waals surface area contributed by atoms with Gasteiger partial charge in [-0.3, -0.25) is 0 Å². The standard InChI is InChI=1S/C54H112N/c1-5-9-12-15-18-21-24-27-30-33-36-39-42-45-48-52-55(51-8-4,53-49-46-43-40-37-34-31-28-25-22-19-16-13-10-6-2)54-50-47-44-41-38-35-32-29-26-23-20-17-14-11-7-3/h5-54H2,1-4H3/q+1. The minimum absolute atomic E-state index is 1.37. The third kappa shape index (κ3) is 43.4. The highest BCUT2D eigenvalue weighted by Crippen LogP contribution is 2.21. The van der Waals surface area contributed by atoms with Crippen molar-refractivity contribution in [2.24, 2.45) is 0 Å². The summed E-state index contributed by atoms with van der Waals surface area (Å²) in [7, 11) is 0. The van der Waals surface area contributed by atoms with Gasteiger partial charge in [0.25, 0.3) is 0 Å². The first-order chi connectivity index (χ1) is 27.2. The van der Waals surface area contributed by atoms with E-state index in [-0.39, 0.29) is 0 Å². The Kier molecular flexibility index (Phi) is 48.3. The van der Waals surface area contributed by atoms with Gasteiger partial charge in [-0.25, -0.2) is 0 Å². The summed E-state index contributed by atoms with van der Waals surface area (Å²) in [6.45, 7) is 15.3. The van der Waals surface area contributed by atoms with E-state index >= 15 is 0 Å². The molecule has 0 saturated carbocycles. The van der Waals surface area contributed by atoms with Crippen molar-refractivity contribution in [2.75, 3.05) is 26.2 Å². The van der Waals surface area contributed by atoms with Crippen molar-refractivity contribution in [1.29, 1.82) is 0 Å². The third-order valence-electron chi connectivity index (χ3n) is 13.4. The molecule has 0 radical (unpaired) electrons. The Morgan fingerprint density at radius 1 is 0.145 bits per heavy atom. The first-order valence-corrected chi connectivity index (χ1v) is 27.1. The molecule has 0 saturated heterocycles. The van der Waals surface area contributed by atoms with Crippen molar-refractivity contribution >= 4 is 0 Å². The molecule has 0 aliphatic heterocycles. The molecule has 55 heavy (non-hydrogen) atoms. The zero-order valence-electron chi connectivity index (χ0n) is 39.8. The summed E-state index contributed by atoms with van der Waals surface area (Å²) < 4.78 is 1.46. The average Bonchev–Trinajstić information content (AvgIpc) is 3.19. The van der Waals surface area contributed by atoms with E-state index in [1.54, 1.807) is 0 Å². The minimum atomic E-state index is 1.37. The Bertz CT molecular complexity index is 572. The molecule has 0 aromatic carbocycles. The lowest BCUT2D eigenvalue weighted by Gasteiger charge is -2.39. The molecular weight excluding hydrogens is 663 g/mol. The van der Waals surface area contributed by atoms with Gasteiger partial charge in [0.1, 0.15) is 0 Å². The van der Waals surface area contributed by atoms with E-state index in [2.05, 4.69) is 27.7 Å². The molecule has 0 N–H and O–H groups in total. The second-order valence-corrected chi connectivity index (χ2v) is 19.1. The van der Waals surface area contributed by atoms with Gasteiger partial charge >= 0.3 is 0 Å². The number of rotatable bonds is 50. The van der Waals surface area contributed by atoms with Gasteiger partial charge in [0.2, 0.25) is 0 Å². The van der Waals surface area contributed by atoms with Crippen molar-refractivity contribution in [3.8, 4) is 0 Å². The highest BCUT2D eigenvalue weighted by atomic mass is 15.3. The van der Waals surface area contributed by atoms with E-state index in [1.807, 2.05) is 0 Å². The van der Waals surface area contributed by atoms with Crippen LogP contribution in [0.4, 0.5) is 0 Å². The van der Waals surface area contributed by atoms with Gasteiger partial charge in [-0.15, -0.1) is 0 Å². The van der Waals surface area contributed by atoms with Crippen molar-refractivity contribution in [2.45, 2.75) is 323 Å². The maximum absolute atomic E-state index is 2.47. The molecule has 0 amide bonds. The molecule has 0 aromatic rings. The first-order valence-electron chi connectivity index (χ1n) is 27.1. The molecule has 0 bridgehead atoms. The molecule has 0 unspecified atom stereocenters. The van der Waals surface area contributed by atoms with Gasteiger partial charge in [-0.1, -0.05) is 278 Å². The van der Waals surface area contributed by atoms with Crippen molar-refractivity contribution in [3.05, 3.63) is 0 Å². The Morgan fingerprint density at radius 2 is 0.291 bits per heavy atom. The molecule has 0 aliphatic rings. The van der Waals surface area contributed by atoms with E-state index in [0.29, 0.717) is 0 Å². The first kappa shape index (κ1) is 55.0. The summed E-state index contributed by atoms with van der Waals surface area (Å²) in [6.07, 6.45) is 67.7. The smallest absolute Gasteiger partial charge is 0.0786 e.